The Kier molecular flexibility index (Phi) is 7.79. The van der Waals surface area contributed by atoms with E-state index in [-0.39, 0.29) is 5.91 Å². The van der Waals surface area contributed by atoms with E-state index in [4.69, 9.17) is 9.72 Å². The van der Waals surface area contributed by atoms with Gasteiger partial charge in [0.15, 0.2) is 0 Å². The zero-order chi connectivity index (χ0) is 23.0. The smallest absolute Gasteiger partial charge is 0.252 e. The van der Waals surface area contributed by atoms with E-state index in [0.717, 1.165) is 35.3 Å². The van der Waals surface area contributed by atoms with Crippen molar-refractivity contribution in [1.82, 2.24) is 15.2 Å². The minimum Gasteiger partial charge on any atom is -0.495 e. The number of aromatic nitrogens is 1. The number of hydrogen-bond donors (Lipinski definition) is 2. The number of likely N-dealkylation sites (tertiary alicyclic amines) is 1. The highest BCUT2D eigenvalue weighted by Gasteiger charge is 2.20. The molecule has 0 spiro atoms. The second-order valence-corrected chi connectivity index (χ2v) is 8.60. The van der Waals surface area contributed by atoms with Gasteiger partial charge in [0.25, 0.3) is 5.91 Å². The minimum atomic E-state index is -0.0673. The third-order valence-electron chi connectivity index (χ3n) is 6.46. The number of pyridine rings is 1. The molecule has 0 radical (unpaired) electrons. The van der Waals surface area contributed by atoms with Gasteiger partial charge in [-0.15, -0.1) is 0 Å². The molecule has 4 rings (SSSR count). The molecule has 2 aromatic carbocycles. The van der Waals surface area contributed by atoms with Gasteiger partial charge in [-0.1, -0.05) is 43.7 Å². The number of methoxy groups -OCH3 is 1. The number of piperidine rings is 1. The molecule has 0 aliphatic carbocycles. The maximum absolute atomic E-state index is 13.2. The van der Waals surface area contributed by atoms with Gasteiger partial charge in [-0.2, -0.15) is 0 Å². The van der Waals surface area contributed by atoms with Gasteiger partial charge < -0.3 is 20.3 Å². The number of fused-ring (bicyclic) bond motifs is 1. The first-order chi connectivity index (χ1) is 16.2. The predicted octanol–water partition coefficient (Wildman–Crippen LogP) is 5.37. The van der Waals surface area contributed by atoms with Crippen molar-refractivity contribution < 1.29 is 9.53 Å². The fourth-order valence-electron chi connectivity index (χ4n) is 4.71. The number of carbonyl (C=O) groups is 1. The summed E-state index contributed by atoms with van der Waals surface area (Å²) in [6.07, 6.45) is 6.09. The van der Waals surface area contributed by atoms with Gasteiger partial charge in [0.1, 0.15) is 11.6 Å². The first-order valence-corrected chi connectivity index (χ1v) is 12.0. The third kappa shape index (κ3) is 5.63. The van der Waals surface area contributed by atoms with Crippen LogP contribution in [0.3, 0.4) is 0 Å². The molecule has 1 aliphatic heterocycles. The fraction of sp³-hybridized carbons (Fsp3) is 0.407. The van der Waals surface area contributed by atoms with Gasteiger partial charge in [-0.3, -0.25) is 4.79 Å². The number of benzene rings is 2. The molecule has 1 atom stereocenters. The molecule has 0 unspecified atom stereocenters. The quantitative estimate of drug-likeness (QED) is 0.433. The van der Waals surface area contributed by atoms with Crippen molar-refractivity contribution in [2.75, 3.05) is 32.1 Å². The zero-order valence-corrected chi connectivity index (χ0v) is 19.6. The number of nitrogens with zero attached hydrogens (tertiary/aromatic N) is 2. The Morgan fingerprint density at radius 2 is 1.97 bits per heavy atom. The topological polar surface area (TPSA) is 66.5 Å². The first kappa shape index (κ1) is 23.1. The lowest BCUT2D eigenvalue weighted by Gasteiger charge is -2.35. The number of amides is 1. The first-order valence-electron chi connectivity index (χ1n) is 12.0. The van der Waals surface area contributed by atoms with E-state index < -0.39 is 0 Å². The van der Waals surface area contributed by atoms with Crippen LogP contribution in [0.25, 0.3) is 10.9 Å². The molecule has 1 saturated heterocycles. The van der Waals surface area contributed by atoms with Crippen LogP contribution in [-0.2, 0) is 0 Å². The van der Waals surface area contributed by atoms with Crippen molar-refractivity contribution in [2.24, 2.45) is 0 Å². The maximum atomic E-state index is 13.2. The van der Waals surface area contributed by atoms with E-state index >= 15 is 0 Å². The molecule has 2 heterocycles. The van der Waals surface area contributed by atoms with Crippen LogP contribution in [0.15, 0.2) is 54.6 Å². The van der Waals surface area contributed by atoms with Crippen molar-refractivity contribution in [3.8, 4) is 5.75 Å². The molecule has 6 heteroatoms. The van der Waals surface area contributed by atoms with Crippen LogP contribution in [-0.4, -0.2) is 48.6 Å². The third-order valence-corrected chi connectivity index (χ3v) is 6.46. The molecule has 3 aromatic rings. The molecule has 0 saturated carbocycles. The highest BCUT2D eigenvalue weighted by Crippen LogP contribution is 2.28. The van der Waals surface area contributed by atoms with Crippen LogP contribution < -0.4 is 15.4 Å². The molecular formula is C27H34N4O2. The summed E-state index contributed by atoms with van der Waals surface area (Å²) in [5, 5.41) is 7.29. The molecule has 33 heavy (non-hydrogen) atoms. The largest absolute Gasteiger partial charge is 0.495 e. The molecule has 0 bridgehead atoms. The molecular weight excluding hydrogens is 412 g/mol. The van der Waals surface area contributed by atoms with Gasteiger partial charge >= 0.3 is 0 Å². The van der Waals surface area contributed by atoms with Crippen LogP contribution in [0, 0.1) is 0 Å². The molecule has 6 nitrogen and oxygen atoms in total. The summed E-state index contributed by atoms with van der Waals surface area (Å²) in [6.45, 7) is 5.16. The number of anilines is 2. The Balaban J connectivity index is 1.46. The summed E-state index contributed by atoms with van der Waals surface area (Å²) in [5.41, 5.74) is 2.21. The average Bonchev–Trinajstić information content (AvgIpc) is 2.86. The highest BCUT2D eigenvalue weighted by molar-refractivity contribution is 6.07. The fourth-order valence-corrected chi connectivity index (χ4v) is 4.71. The van der Waals surface area contributed by atoms with Crippen LogP contribution >= 0.6 is 0 Å². The SMILES string of the molecule is CC[C@H]1CCCCN1CCCNC(=O)c1cc(Nc2ccccc2OC)nc2ccccc12. The lowest BCUT2D eigenvalue weighted by atomic mass is 10.00. The van der Waals surface area contributed by atoms with E-state index in [1.165, 1.54) is 32.2 Å². The monoisotopic (exact) mass is 446 g/mol. The van der Waals surface area contributed by atoms with Crippen molar-refractivity contribution >= 4 is 28.3 Å². The number of ether oxygens (including phenoxy) is 1. The number of carbonyl (C=O) groups excluding carboxylic acids is 1. The number of hydrogen-bond acceptors (Lipinski definition) is 5. The van der Waals surface area contributed by atoms with Crippen LogP contribution in [0.1, 0.15) is 49.4 Å². The summed E-state index contributed by atoms with van der Waals surface area (Å²) >= 11 is 0. The summed E-state index contributed by atoms with van der Waals surface area (Å²) in [7, 11) is 1.64. The van der Waals surface area contributed by atoms with Gasteiger partial charge in [0.2, 0.25) is 0 Å². The van der Waals surface area contributed by atoms with E-state index in [2.05, 4.69) is 22.5 Å². The molecule has 1 amide bonds. The van der Waals surface area contributed by atoms with Gasteiger partial charge in [0, 0.05) is 24.5 Å². The Morgan fingerprint density at radius 3 is 2.82 bits per heavy atom. The summed E-state index contributed by atoms with van der Waals surface area (Å²) in [6, 6.07) is 18.0. The number of para-hydroxylation sites is 3. The Morgan fingerprint density at radius 1 is 1.15 bits per heavy atom. The lowest BCUT2D eigenvalue weighted by Crippen LogP contribution is -2.40. The van der Waals surface area contributed by atoms with Gasteiger partial charge in [-0.25, -0.2) is 4.98 Å². The average molecular weight is 447 g/mol. The maximum Gasteiger partial charge on any atom is 0.252 e. The Labute approximate surface area is 196 Å². The minimum absolute atomic E-state index is 0.0673. The van der Waals surface area contributed by atoms with Gasteiger partial charge in [-0.05, 0) is 56.5 Å². The number of rotatable bonds is 9. The summed E-state index contributed by atoms with van der Waals surface area (Å²) < 4.78 is 5.44. The summed E-state index contributed by atoms with van der Waals surface area (Å²) in [4.78, 5) is 20.5. The molecule has 1 fully saturated rings. The molecule has 174 valence electrons. The highest BCUT2D eigenvalue weighted by atomic mass is 16.5. The predicted molar refractivity (Wildman–Crippen MR) is 134 cm³/mol. The van der Waals surface area contributed by atoms with E-state index in [0.29, 0.717) is 24.0 Å². The molecule has 1 aromatic heterocycles. The normalized spacial score (nSPS) is 16.5. The van der Waals surface area contributed by atoms with Crippen LogP contribution in [0.4, 0.5) is 11.5 Å². The second-order valence-electron chi connectivity index (χ2n) is 8.60. The van der Waals surface area contributed by atoms with E-state index in [9.17, 15) is 4.79 Å². The Hall–Kier alpha value is -3.12. The lowest BCUT2D eigenvalue weighted by molar-refractivity contribution is 0.0949. The summed E-state index contributed by atoms with van der Waals surface area (Å²) in [5.74, 6) is 1.27. The second kappa shape index (κ2) is 11.1. The number of nitrogens with one attached hydrogen (secondary N) is 2. The van der Waals surface area contributed by atoms with Crippen molar-refractivity contribution in [2.45, 2.75) is 45.1 Å². The van der Waals surface area contributed by atoms with Crippen molar-refractivity contribution in [3.05, 3.63) is 60.2 Å². The molecule has 1 aliphatic rings. The zero-order valence-electron chi connectivity index (χ0n) is 19.6. The van der Waals surface area contributed by atoms with Crippen LogP contribution in [0.2, 0.25) is 0 Å². The molecule has 2 N–H and O–H groups in total. The van der Waals surface area contributed by atoms with E-state index in [1.807, 2.05) is 54.6 Å². The van der Waals surface area contributed by atoms with Crippen molar-refractivity contribution in [1.29, 1.82) is 0 Å². The standard InChI is InChI=1S/C27H34N4O2/c1-3-20-11-8-9-17-31(20)18-10-16-28-27(32)22-19-26(29-23-13-5-4-12-21(22)23)30-24-14-6-7-15-25(24)33-2/h4-7,12-15,19-20H,3,8-11,16-18H2,1-2H3,(H,28,32)(H,29,30)/t20-/m0/s1. The van der Waals surface area contributed by atoms with Crippen molar-refractivity contribution in [3.63, 3.8) is 0 Å². The van der Waals surface area contributed by atoms with Gasteiger partial charge in [0.05, 0.1) is 23.9 Å². The van der Waals surface area contributed by atoms with E-state index in [1.54, 1.807) is 7.11 Å². The van der Waals surface area contributed by atoms with Crippen LogP contribution in [0.5, 0.6) is 5.75 Å². The Bertz CT molecular complexity index is 1080.